The van der Waals surface area contributed by atoms with Crippen LogP contribution >= 0.6 is 0 Å². The van der Waals surface area contributed by atoms with Gasteiger partial charge in [0.2, 0.25) is 17.7 Å². The quantitative estimate of drug-likeness (QED) is 0.0563. The van der Waals surface area contributed by atoms with Crippen LogP contribution < -0.4 is 10.6 Å². The highest BCUT2D eigenvalue weighted by Gasteiger charge is 2.44. The molecule has 22 heteroatoms. The molecule has 22 nitrogen and oxygen atoms in total. The number of ether oxygens (including phenoxy) is 14. The van der Waals surface area contributed by atoms with E-state index in [1.165, 1.54) is 4.90 Å². The lowest BCUT2D eigenvalue weighted by atomic mass is 9.80. The first kappa shape index (κ1) is 74.4. The molecule has 0 saturated carbocycles. The number of imide groups is 1. The Morgan fingerprint density at radius 1 is 0.573 bits per heavy atom. The summed E-state index contributed by atoms with van der Waals surface area (Å²) in [6.45, 7) is 17.8. The van der Waals surface area contributed by atoms with Crippen LogP contribution in [0.5, 0.6) is 0 Å². The first-order valence-electron chi connectivity index (χ1n) is 26.0. The molecule has 1 heterocycles. The lowest BCUT2D eigenvalue weighted by molar-refractivity contribution is -0.140. The molecule has 8 atom stereocenters. The average Bonchev–Trinajstić information content (AvgIpc) is 3.66. The fraction of sp³-hybridized carbons (Fsp3) is 0.925. The Bertz CT molecular complexity index is 1420. The lowest BCUT2D eigenvalue weighted by Gasteiger charge is -2.25. The van der Waals surface area contributed by atoms with Crippen LogP contribution in [0, 0.1) is 16.7 Å². The lowest BCUT2D eigenvalue weighted by Crippen LogP contribution is -2.37. The Morgan fingerprint density at radius 2 is 1.00 bits per heavy atom. The van der Waals surface area contributed by atoms with Gasteiger partial charge >= 0.3 is 6.09 Å². The van der Waals surface area contributed by atoms with Crippen LogP contribution in [0.3, 0.4) is 0 Å². The van der Waals surface area contributed by atoms with Crippen molar-refractivity contribution in [3.63, 3.8) is 0 Å². The Morgan fingerprint density at radius 3 is 1.40 bits per heavy atom. The molecule has 0 aromatic carbocycles. The number of likely N-dealkylation sites (tertiary alicyclic amines) is 1. The molecule has 0 aromatic rings. The Hall–Kier alpha value is -2.68. The van der Waals surface area contributed by atoms with E-state index in [-0.39, 0.29) is 105 Å². The maximum absolute atomic E-state index is 12.6. The highest BCUT2D eigenvalue weighted by molar-refractivity contribution is 6.04. The predicted molar refractivity (Wildman–Crippen MR) is 284 cm³/mol. The van der Waals surface area contributed by atoms with E-state index in [0.29, 0.717) is 124 Å². The summed E-state index contributed by atoms with van der Waals surface area (Å²) in [7, 11) is 13.1. The van der Waals surface area contributed by atoms with E-state index >= 15 is 0 Å². The fourth-order valence-electron chi connectivity index (χ4n) is 7.18. The van der Waals surface area contributed by atoms with E-state index in [1.54, 1.807) is 56.9 Å². The van der Waals surface area contributed by atoms with Crippen molar-refractivity contribution in [3.05, 3.63) is 0 Å². The van der Waals surface area contributed by atoms with Gasteiger partial charge in [-0.25, -0.2) is 4.79 Å². The summed E-state index contributed by atoms with van der Waals surface area (Å²) in [6, 6.07) is 0. The van der Waals surface area contributed by atoms with Crippen LogP contribution in [0.25, 0.3) is 0 Å². The first-order chi connectivity index (χ1) is 35.2. The molecule has 0 radical (unpaired) electrons. The Labute approximate surface area is 451 Å². The van der Waals surface area contributed by atoms with Crippen LogP contribution in [0.4, 0.5) is 4.79 Å². The van der Waals surface area contributed by atoms with Crippen LogP contribution in [-0.4, -0.2) is 239 Å². The summed E-state index contributed by atoms with van der Waals surface area (Å²) in [6.07, 6.45) is 2.07. The molecule has 0 aliphatic carbocycles. The van der Waals surface area contributed by atoms with Crippen molar-refractivity contribution in [2.24, 2.45) is 16.7 Å². The summed E-state index contributed by atoms with van der Waals surface area (Å²) in [5.41, 5.74) is -0.525. The number of methoxy groups -OCH3 is 8. The molecule has 446 valence electrons. The average molecular weight is 1090 g/mol. The van der Waals surface area contributed by atoms with Gasteiger partial charge in [-0.3, -0.25) is 19.3 Å². The highest BCUT2D eigenvalue weighted by atomic mass is 16.6. The zero-order chi connectivity index (χ0) is 55.8. The van der Waals surface area contributed by atoms with Crippen molar-refractivity contribution >= 4 is 23.8 Å². The van der Waals surface area contributed by atoms with Gasteiger partial charge in [0.15, 0.2) is 0 Å². The predicted octanol–water partition coefficient (Wildman–Crippen LogP) is 4.48. The summed E-state index contributed by atoms with van der Waals surface area (Å²) >= 11 is 0. The van der Waals surface area contributed by atoms with Crippen molar-refractivity contribution in [3.8, 4) is 0 Å². The van der Waals surface area contributed by atoms with Gasteiger partial charge < -0.3 is 82.1 Å². The van der Waals surface area contributed by atoms with E-state index in [1.807, 2.05) is 41.5 Å². The summed E-state index contributed by atoms with van der Waals surface area (Å²) < 4.78 is 76.5. The molecule has 3 N–H and O–H groups in total. The third kappa shape index (κ3) is 36.9. The number of carbonyl (C=O) groups excluding carboxylic acids is 4. The van der Waals surface area contributed by atoms with Crippen molar-refractivity contribution < 1.29 is 90.6 Å². The zero-order valence-electron chi connectivity index (χ0n) is 47.8. The number of aliphatic hydroxyl groups is 1. The minimum Gasteiger partial charge on any atom is -0.447 e. The second-order valence-electron chi connectivity index (χ2n) is 20.3. The third-order valence-corrected chi connectivity index (χ3v) is 12.1. The van der Waals surface area contributed by atoms with Gasteiger partial charge in [-0.15, -0.1) is 0 Å². The molecule has 0 spiro atoms. The van der Waals surface area contributed by atoms with E-state index in [4.69, 9.17) is 66.3 Å². The number of hydrogen-bond acceptors (Lipinski definition) is 19. The number of nitrogens with zero attached hydrogens (tertiary/aromatic N) is 1. The summed E-state index contributed by atoms with van der Waals surface area (Å²) in [5, 5.41) is 15.6. The summed E-state index contributed by atoms with van der Waals surface area (Å²) in [5.74, 6) is -0.930. The van der Waals surface area contributed by atoms with Crippen molar-refractivity contribution in [2.45, 2.75) is 143 Å². The van der Waals surface area contributed by atoms with E-state index in [9.17, 15) is 24.3 Å². The molecule has 1 aliphatic rings. The van der Waals surface area contributed by atoms with E-state index in [0.717, 1.165) is 0 Å². The molecule has 4 amide bonds. The maximum Gasteiger partial charge on any atom is 0.407 e. The number of alkyl carbamates (subject to hydrolysis) is 1. The van der Waals surface area contributed by atoms with E-state index in [2.05, 4.69) is 10.6 Å². The van der Waals surface area contributed by atoms with E-state index < -0.39 is 18.3 Å². The Kier molecular flexibility index (Phi) is 44.8. The molecule has 8 unspecified atom stereocenters. The smallest absolute Gasteiger partial charge is 0.407 e. The molecule has 75 heavy (non-hydrogen) atoms. The molecular weight excluding hydrogens is 983 g/mol. The number of nitrogens with one attached hydrogen (secondary N) is 2. The van der Waals surface area contributed by atoms with Gasteiger partial charge in [0.1, 0.15) is 18.8 Å². The number of aliphatic hydroxyl groups excluding tert-OH is 1. The number of amides is 4. The van der Waals surface area contributed by atoms with Crippen molar-refractivity contribution in [2.75, 3.05) is 162 Å². The molecule has 1 saturated heterocycles. The van der Waals surface area contributed by atoms with Crippen LogP contribution in [0.15, 0.2) is 0 Å². The Balaban J connectivity index is 0. The second kappa shape index (κ2) is 45.2. The van der Waals surface area contributed by atoms with Gasteiger partial charge in [-0.05, 0) is 49.4 Å². The standard InChI is InChI=1S/C29H54N2O10.C23H47NO9.CH4/c1-29(2,3)25-17-27(33)31(28(25)34)13-9-26(32)30-12-8-14-39-20-24(41-16-11-23(38-7)19-36-5)21-40-15-10-22(37-6)18-35-4;1-23(2,3)21(25)8-11-24-22(26)33-17-20(32-13-10-19(30-7)15-28-5)16-31-12-9-18(29-6)14-27-4;/h22-25H,8-21H2,1-7H3,(H,30,32);18-21,25H,8-17H2,1-7H3,(H,24,26);1H4. The third-order valence-electron chi connectivity index (χ3n) is 12.1. The molecule has 0 aromatic heterocycles. The molecule has 0 bridgehead atoms. The molecule has 1 fully saturated rings. The number of carbonyl (C=O) groups is 4. The minimum absolute atomic E-state index is 0. The van der Waals surface area contributed by atoms with Crippen LogP contribution in [-0.2, 0) is 80.7 Å². The number of rotatable bonds is 44. The van der Waals surface area contributed by atoms with Gasteiger partial charge in [-0.2, -0.15) is 0 Å². The minimum atomic E-state index is -0.557. The second-order valence-corrected chi connectivity index (χ2v) is 20.3. The van der Waals surface area contributed by atoms with Crippen molar-refractivity contribution in [1.82, 2.24) is 15.5 Å². The normalized spacial score (nSPS) is 16.8. The fourth-order valence-corrected chi connectivity index (χ4v) is 7.18. The molecule has 1 aliphatic heterocycles. The largest absolute Gasteiger partial charge is 0.447 e. The van der Waals surface area contributed by atoms with Gasteiger partial charge in [0.05, 0.1) is 82.7 Å². The van der Waals surface area contributed by atoms with Crippen LogP contribution in [0.1, 0.15) is 100 Å². The van der Waals surface area contributed by atoms with Gasteiger partial charge in [-0.1, -0.05) is 49.0 Å². The highest BCUT2D eigenvalue weighted by Crippen LogP contribution is 2.35. The van der Waals surface area contributed by atoms with Gasteiger partial charge in [0.25, 0.3) is 0 Å². The van der Waals surface area contributed by atoms with Gasteiger partial charge in [0, 0.05) is 122 Å². The monoisotopic (exact) mass is 1090 g/mol. The topological polar surface area (TPSA) is 245 Å². The maximum atomic E-state index is 12.6. The van der Waals surface area contributed by atoms with Crippen molar-refractivity contribution in [1.29, 1.82) is 0 Å². The summed E-state index contributed by atoms with van der Waals surface area (Å²) in [4.78, 5) is 50.4. The first-order valence-corrected chi connectivity index (χ1v) is 26.0. The SMILES string of the molecule is C.COCC(CCOCC(COC(=O)NCCC(O)C(C)(C)C)OCCC(COC)OC)OC.COCC(CCOCC(COCCCNC(=O)CCN1C(=O)CC(C(C)(C)C)C1=O)OCCC(COC)OC)OC. The number of hydrogen-bond donors (Lipinski definition) is 3. The molecular formula is C53H105N3O19. The zero-order valence-corrected chi connectivity index (χ0v) is 47.8. The molecule has 1 rings (SSSR count). The van der Waals surface area contributed by atoms with Crippen LogP contribution in [0.2, 0.25) is 0 Å².